The Kier molecular flexibility index (Phi) is 7.94. The molecule has 142 valence electrons. The summed E-state index contributed by atoms with van der Waals surface area (Å²) in [5.41, 5.74) is 0.295. The van der Waals surface area contributed by atoms with Gasteiger partial charge in [-0.1, -0.05) is 0 Å². The molecule has 3 heterocycles. The highest BCUT2D eigenvalue weighted by molar-refractivity contribution is 7.15. The lowest BCUT2D eigenvalue weighted by molar-refractivity contribution is -0.183. The number of hydrogen-bond acceptors (Lipinski definition) is 5. The van der Waals surface area contributed by atoms with Crippen molar-refractivity contribution in [1.29, 1.82) is 0 Å². The van der Waals surface area contributed by atoms with Crippen molar-refractivity contribution in [1.82, 2.24) is 24.9 Å². The van der Waals surface area contributed by atoms with Gasteiger partial charge >= 0.3 is 6.18 Å². The van der Waals surface area contributed by atoms with Gasteiger partial charge in [-0.05, 0) is 0 Å². The van der Waals surface area contributed by atoms with Crippen LogP contribution in [0, 0.1) is 0 Å². The molecule has 1 aliphatic heterocycles. The number of carbonyl (C=O) groups excluding carboxylic acids is 1. The number of thiazole rings is 1. The summed E-state index contributed by atoms with van der Waals surface area (Å²) < 4.78 is 41.4. The van der Waals surface area contributed by atoms with Crippen molar-refractivity contribution >= 4 is 46.9 Å². The number of nitrogens with zero attached hydrogens (tertiary/aromatic N) is 3. The van der Waals surface area contributed by atoms with Crippen molar-refractivity contribution in [2.24, 2.45) is 0 Å². The van der Waals surface area contributed by atoms with Gasteiger partial charge in [0.05, 0.1) is 6.20 Å². The highest BCUT2D eigenvalue weighted by Gasteiger charge is 2.43. The van der Waals surface area contributed by atoms with Gasteiger partial charge in [0.15, 0.2) is 0 Å². The summed E-state index contributed by atoms with van der Waals surface area (Å²) in [5, 5.41) is 7.04. The minimum Gasteiger partial charge on any atom is -0.349 e. The van der Waals surface area contributed by atoms with E-state index in [1.54, 1.807) is 16.0 Å². The zero-order valence-corrected chi connectivity index (χ0v) is 15.4. The summed E-state index contributed by atoms with van der Waals surface area (Å²) in [6.07, 6.45) is -1.32. The van der Waals surface area contributed by atoms with E-state index < -0.39 is 24.7 Å². The zero-order valence-electron chi connectivity index (χ0n) is 13.0. The number of nitrogens with one attached hydrogen (secondary N) is 2. The molecule has 1 saturated heterocycles. The minimum atomic E-state index is -4.39. The zero-order chi connectivity index (χ0) is 16.4. The second kappa shape index (κ2) is 9.04. The van der Waals surface area contributed by atoms with Gasteiger partial charge in [0.25, 0.3) is 5.91 Å². The lowest BCUT2D eigenvalue weighted by atomic mass is 10.2. The smallest absolute Gasteiger partial charge is 0.349 e. The first kappa shape index (κ1) is 22.0. The van der Waals surface area contributed by atoms with Crippen molar-refractivity contribution in [3.8, 4) is 0 Å². The van der Waals surface area contributed by atoms with Crippen molar-refractivity contribution < 1.29 is 18.0 Å². The molecule has 0 aliphatic carbocycles. The topological polar surface area (TPSA) is 61.7 Å². The largest absolute Gasteiger partial charge is 0.405 e. The SMILES string of the molecule is Cl.Cl.O=C(NCC(N1CCNCC1)C(F)(F)F)c1csc2cncn12. The average Bonchev–Trinajstić information content (AvgIpc) is 3.09. The Morgan fingerprint density at radius 2 is 2.04 bits per heavy atom. The van der Waals surface area contributed by atoms with Crippen LogP contribution in [0.15, 0.2) is 17.9 Å². The Bertz CT molecular complexity index is 687. The van der Waals surface area contributed by atoms with Crippen LogP contribution in [0.2, 0.25) is 0 Å². The number of piperazine rings is 1. The number of rotatable bonds is 4. The van der Waals surface area contributed by atoms with Crippen molar-refractivity contribution in [3.63, 3.8) is 0 Å². The molecule has 1 amide bonds. The Hall–Kier alpha value is -1.07. The molecule has 0 bridgehead atoms. The third kappa shape index (κ3) is 4.98. The van der Waals surface area contributed by atoms with Crippen LogP contribution in [-0.2, 0) is 0 Å². The van der Waals surface area contributed by atoms with Crippen LogP contribution in [-0.4, -0.2) is 65.1 Å². The van der Waals surface area contributed by atoms with Crippen LogP contribution in [0.25, 0.3) is 4.83 Å². The van der Waals surface area contributed by atoms with Crippen molar-refractivity contribution in [2.45, 2.75) is 12.2 Å². The molecule has 1 atom stereocenters. The molecule has 0 saturated carbocycles. The highest BCUT2D eigenvalue weighted by atomic mass is 35.5. The van der Waals surface area contributed by atoms with Crippen molar-refractivity contribution in [2.75, 3.05) is 32.7 Å². The summed E-state index contributed by atoms with van der Waals surface area (Å²) in [7, 11) is 0. The number of imidazole rings is 1. The first-order chi connectivity index (χ1) is 11.0. The average molecular weight is 420 g/mol. The van der Waals surface area contributed by atoms with Crippen LogP contribution >= 0.6 is 36.2 Å². The van der Waals surface area contributed by atoms with E-state index in [1.165, 1.54) is 22.6 Å². The van der Waals surface area contributed by atoms with E-state index in [9.17, 15) is 18.0 Å². The normalized spacial score (nSPS) is 16.8. The quantitative estimate of drug-likeness (QED) is 0.792. The third-order valence-corrected chi connectivity index (χ3v) is 4.70. The molecule has 0 spiro atoms. The van der Waals surface area contributed by atoms with E-state index in [4.69, 9.17) is 0 Å². The predicted octanol–water partition coefficient (Wildman–Crippen LogP) is 1.81. The molecule has 0 radical (unpaired) electrons. The van der Waals surface area contributed by atoms with Crippen LogP contribution in [0.4, 0.5) is 13.2 Å². The van der Waals surface area contributed by atoms with Gasteiger partial charge in [0.2, 0.25) is 0 Å². The van der Waals surface area contributed by atoms with E-state index in [2.05, 4.69) is 15.6 Å². The Balaban J connectivity index is 0.00000156. The van der Waals surface area contributed by atoms with Gasteiger partial charge in [-0.2, -0.15) is 13.2 Å². The van der Waals surface area contributed by atoms with Gasteiger partial charge < -0.3 is 10.6 Å². The summed E-state index contributed by atoms with van der Waals surface area (Å²) in [6, 6.07) is -1.68. The van der Waals surface area contributed by atoms with Gasteiger partial charge in [-0.15, -0.1) is 36.2 Å². The second-order valence-corrected chi connectivity index (χ2v) is 6.17. The fourth-order valence-electron chi connectivity index (χ4n) is 2.61. The number of aromatic nitrogens is 2. The Labute approximate surface area is 158 Å². The van der Waals surface area contributed by atoms with E-state index in [-0.39, 0.29) is 24.8 Å². The van der Waals surface area contributed by atoms with Gasteiger partial charge in [-0.3, -0.25) is 14.1 Å². The Morgan fingerprint density at radius 1 is 1.36 bits per heavy atom. The number of hydrogen-bond donors (Lipinski definition) is 2. The molecular formula is C13H18Cl2F3N5OS. The Morgan fingerprint density at radius 3 is 2.68 bits per heavy atom. The number of amides is 1. The van der Waals surface area contributed by atoms with E-state index >= 15 is 0 Å². The van der Waals surface area contributed by atoms with Crippen LogP contribution < -0.4 is 10.6 Å². The van der Waals surface area contributed by atoms with E-state index in [1.807, 2.05) is 0 Å². The predicted molar refractivity (Wildman–Crippen MR) is 94.2 cm³/mol. The van der Waals surface area contributed by atoms with E-state index in [0.717, 1.165) is 4.83 Å². The summed E-state index contributed by atoms with van der Waals surface area (Å²) in [5.74, 6) is -0.529. The van der Waals surface area contributed by atoms with Gasteiger partial charge in [0.1, 0.15) is 22.9 Å². The fourth-order valence-corrected chi connectivity index (χ4v) is 3.45. The highest BCUT2D eigenvalue weighted by Crippen LogP contribution is 2.25. The first-order valence-electron chi connectivity index (χ1n) is 7.16. The molecular weight excluding hydrogens is 402 g/mol. The second-order valence-electron chi connectivity index (χ2n) is 5.28. The van der Waals surface area contributed by atoms with Gasteiger partial charge in [-0.25, -0.2) is 4.98 Å². The molecule has 2 N–H and O–H groups in total. The monoisotopic (exact) mass is 419 g/mol. The van der Waals surface area contributed by atoms with Crippen molar-refractivity contribution in [3.05, 3.63) is 23.6 Å². The molecule has 1 fully saturated rings. The maximum absolute atomic E-state index is 13.3. The molecule has 12 heteroatoms. The maximum atomic E-state index is 13.3. The molecule has 2 aromatic heterocycles. The van der Waals surface area contributed by atoms with Crippen LogP contribution in [0.1, 0.15) is 10.5 Å². The minimum absolute atomic E-state index is 0. The van der Waals surface area contributed by atoms with Crippen LogP contribution in [0.3, 0.4) is 0 Å². The lowest BCUT2D eigenvalue weighted by Gasteiger charge is -2.35. The molecule has 6 nitrogen and oxygen atoms in total. The molecule has 0 aromatic carbocycles. The summed E-state index contributed by atoms with van der Waals surface area (Å²) >= 11 is 1.32. The maximum Gasteiger partial charge on any atom is 0.405 e. The van der Waals surface area contributed by atoms with E-state index in [0.29, 0.717) is 31.9 Å². The molecule has 1 unspecified atom stereocenters. The fraction of sp³-hybridized carbons (Fsp3) is 0.538. The molecule has 1 aliphatic rings. The third-order valence-electron chi connectivity index (χ3n) is 3.81. The molecule has 3 rings (SSSR count). The number of fused-ring (bicyclic) bond motifs is 1. The number of alkyl halides is 3. The van der Waals surface area contributed by atoms with Crippen LogP contribution in [0.5, 0.6) is 0 Å². The summed E-state index contributed by atoms with van der Waals surface area (Å²) in [6.45, 7) is 1.18. The number of carbonyl (C=O) groups is 1. The molecule has 25 heavy (non-hydrogen) atoms. The number of halogens is 5. The summed E-state index contributed by atoms with van der Waals surface area (Å²) in [4.78, 5) is 18.2. The molecule has 2 aromatic rings. The standard InChI is InChI=1S/C13H16F3N5OS.2ClH/c14-13(15,16)10(20-3-1-17-2-4-20)5-19-12(22)9-7-23-11-6-18-8-21(9)11;;/h6-8,10,17H,1-5H2,(H,19,22);2*1H. The lowest BCUT2D eigenvalue weighted by Crippen LogP contribution is -2.57. The van der Waals surface area contributed by atoms with Gasteiger partial charge in [0, 0.05) is 38.1 Å². The first-order valence-corrected chi connectivity index (χ1v) is 8.04.